The molecule has 2 unspecified atom stereocenters. The van der Waals surface area contributed by atoms with Gasteiger partial charge in [0.05, 0.1) is 34.4 Å². The summed E-state index contributed by atoms with van der Waals surface area (Å²) in [5.74, 6) is -0.365. The average molecular weight is 720 g/mol. The van der Waals surface area contributed by atoms with Crippen molar-refractivity contribution in [2.24, 2.45) is 0 Å². The molecule has 0 aliphatic rings. The minimum Gasteiger partial charge on any atom is -0.756 e. The summed E-state index contributed by atoms with van der Waals surface area (Å²) in [6, 6.07) is 0. The van der Waals surface area contributed by atoms with Crippen LogP contribution >= 0.6 is 7.82 Å². The molecule has 0 aromatic carbocycles. The number of phosphoric acid groups is 1. The number of esters is 1. The summed E-state index contributed by atoms with van der Waals surface area (Å²) in [5, 5.41) is 0. The van der Waals surface area contributed by atoms with Crippen molar-refractivity contribution >= 4 is 13.8 Å². The maximum Gasteiger partial charge on any atom is 0.306 e. The molecule has 0 aliphatic heterocycles. The fourth-order valence-electron chi connectivity index (χ4n) is 5.88. The summed E-state index contributed by atoms with van der Waals surface area (Å²) < 4.78 is 34.0. The normalized spacial score (nSPS) is 13.8. The van der Waals surface area contributed by atoms with Crippen molar-refractivity contribution in [3.63, 3.8) is 0 Å². The summed E-state index contributed by atoms with van der Waals surface area (Å²) >= 11 is 0. The largest absolute Gasteiger partial charge is 0.756 e. The van der Waals surface area contributed by atoms with Gasteiger partial charge in [-0.1, -0.05) is 174 Å². The van der Waals surface area contributed by atoms with Gasteiger partial charge >= 0.3 is 5.97 Å². The third-order valence-electron chi connectivity index (χ3n) is 9.16. The zero-order valence-electron chi connectivity index (χ0n) is 33.2. The van der Waals surface area contributed by atoms with Gasteiger partial charge in [0.15, 0.2) is 0 Å². The van der Waals surface area contributed by atoms with E-state index < -0.39 is 13.9 Å². The minimum atomic E-state index is -4.49. The molecule has 8 nitrogen and oxygen atoms in total. The molecule has 0 saturated carbocycles. The van der Waals surface area contributed by atoms with Gasteiger partial charge in [0.25, 0.3) is 7.82 Å². The van der Waals surface area contributed by atoms with Gasteiger partial charge in [-0.05, 0) is 12.8 Å². The van der Waals surface area contributed by atoms with Gasteiger partial charge in [-0.15, -0.1) is 0 Å². The van der Waals surface area contributed by atoms with Gasteiger partial charge in [-0.3, -0.25) is 9.36 Å². The fraction of sp³-hybridized carbons (Fsp3) is 0.975. The van der Waals surface area contributed by atoms with Crippen LogP contribution in [0.2, 0.25) is 0 Å². The van der Waals surface area contributed by atoms with Crippen molar-refractivity contribution in [1.82, 2.24) is 0 Å². The van der Waals surface area contributed by atoms with Gasteiger partial charge in [0.1, 0.15) is 19.3 Å². The van der Waals surface area contributed by atoms with Crippen molar-refractivity contribution in [1.29, 1.82) is 0 Å². The molecule has 0 fully saturated rings. The lowest BCUT2D eigenvalue weighted by atomic mass is 10.0. The molecular weight excluding hydrogens is 637 g/mol. The highest BCUT2D eigenvalue weighted by Crippen LogP contribution is 2.38. The Morgan fingerprint density at radius 2 is 0.939 bits per heavy atom. The van der Waals surface area contributed by atoms with Crippen LogP contribution in [0, 0.1) is 0 Å². The lowest BCUT2D eigenvalue weighted by Gasteiger charge is -2.28. The van der Waals surface area contributed by atoms with Crippen LogP contribution in [0.1, 0.15) is 194 Å². The summed E-state index contributed by atoms with van der Waals surface area (Å²) in [4.78, 5) is 24.3. The van der Waals surface area contributed by atoms with E-state index in [1.54, 1.807) is 0 Å². The number of nitrogens with zero attached hydrogens (tertiary/aromatic N) is 1. The van der Waals surface area contributed by atoms with Crippen LogP contribution in [-0.4, -0.2) is 70.7 Å². The molecule has 0 aromatic heterocycles. The van der Waals surface area contributed by atoms with Crippen LogP contribution in [0.4, 0.5) is 0 Å². The maximum absolute atomic E-state index is 12.2. The molecule has 294 valence electrons. The molecule has 2 atom stereocenters. The highest BCUT2D eigenvalue weighted by molar-refractivity contribution is 7.45. The standard InChI is InChI=1S/C40H82NO7P/c1-6-8-10-11-12-13-14-15-16-17-18-19-20-21-22-23-24-25-26-27-28-29-30-31-32-35-45-37-39(48-40(42)33-9-7-2)38-47-49(43,44)46-36-34-41(3,4)5/h39H,6-38H2,1-5H3. The Hall–Kier alpha value is -0.500. The second-order valence-corrected chi connectivity index (χ2v) is 16.8. The first-order valence-electron chi connectivity index (χ1n) is 20.8. The number of hydrogen-bond donors (Lipinski definition) is 0. The van der Waals surface area contributed by atoms with Gasteiger partial charge in [0.2, 0.25) is 0 Å². The topological polar surface area (TPSA) is 94.1 Å². The summed E-state index contributed by atoms with van der Waals surface area (Å²) in [7, 11) is 1.36. The Kier molecular flexibility index (Phi) is 34.2. The van der Waals surface area contributed by atoms with E-state index in [-0.39, 0.29) is 25.8 Å². The smallest absolute Gasteiger partial charge is 0.306 e. The first-order chi connectivity index (χ1) is 23.6. The van der Waals surface area contributed by atoms with E-state index in [4.69, 9.17) is 18.5 Å². The Labute approximate surface area is 304 Å². The Morgan fingerprint density at radius 3 is 1.33 bits per heavy atom. The number of likely N-dealkylation sites (N-methyl/N-ethyl adjacent to an activating group) is 1. The van der Waals surface area contributed by atoms with Crippen LogP contribution in [-0.2, 0) is 27.9 Å². The number of rotatable bonds is 39. The third-order valence-corrected chi connectivity index (χ3v) is 10.1. The highest BCUT2D eigenvalue weighted by Gasteiger charge is 2.20. The number of quaternary nitrogens is 1. The van der Waals surface area contributed by atoms with Crippen molar-refractivity contribution in [3.8, 4) is 0 Å². The van der Waals surface area contributed by atoms with Gasteiger partial charge < -0.3 is 27.9 Å². The van der Waals surface area contributed by atoms with Crippen molar-refractivity contribution in [3.05, 3.63) is 0 Å². The van der Waals surface area contributed by atoms with Crippen LogP contribution in [0.15, 0.2) is 0 Å². The Balaban J connectivity index is 3.69. The monoisotopic (exact) mass is 720 g/mol. The second kappa shape index (κ2) is 34.6. The lowest BCUT2D eigenvalue weighted by Crippen LogP contribution is -2.37. The average Bonchev–Trinajstić information content (AvgIpc) is 3.05. The number of phosphoric ester groups is 1. The molecule has 0 rings (SSSR count). The molecule has 0 radical (unpaired) electrons. The van der Waals surface area contributed by atoms with Crippen LogP contribution in [0.3, 0.4) is 0 Å². The minimum absolute atomic E-state index is 0.0291. The zero-order chi connectivity index (χ0) is 36.3. The molecule has 0 amide bonds. The molecule has 9 heteroatoms. The zero-order valence-corrected chi connectivity index (χ0v) is 34.1. The lowest BCUT2D eigenvalue weighted by molar-refractivity contribution is -0.870. The molecule has 0 aromatic rings. The predicted octanol–water partition coefficient (Wildman–Crippen LogP) is 11.1. The molecule has 0 heterocycles. The number of hydrogen-bond acceptors (Lipinski definition) is 7. The van der Waals surface area contributed by atoms with Crippen LogP contribution in [0.5, 0.6) is 0 Å². The van der Waals surface area contributed by atoms with E-state index in [1.165, 1.54) is 148 Å². The van der Waals surface area contributed by atoms with E-state index in [0.29, 0.717) is 24.1 Å². The van der Waals surface area contributed by atoms with E-state index in [2.05, 4.69) is 6.92 Å². The molecule has 0 saturated heterocycles. The number of unbranched alkanes of at least 4 members (excludes halogenated alkanes) is 25. The van der Waals surface area contributed by atoms with E-state index in [9.17, 15) is 14.3 Å². The number of carbonyl (C=O) groups excluding carboxylic acids is 1. The molecule has 0 bridgehead atoms. The quantitative estimate of drug-likeness (QED) is 0.0270. The summed E-state index contributed by atoms with van der Waals surface area (Å²) in [5.41, 5.74) is 0. The molecule has 49 heavy (non-hydrogen) atoms. The SMILES string of the molecule is CCCCCCCCCCCCCCCCCCCCCCCCCCCOCC(COP(=O)([O-])OCC[N+](C)(C)C)OC(=O)CCCC. The third kappa shape index (κ3) is 38.6. The van der Waals surface area contributed by atoms with Gasteiger partial charge in [-0.2, -0.15) is 0 Å². The van der Waals surface area contributed by atoms with Gasteiger partial charge in [-0.25, -0.2) is 0 Å². The number of carbonyl (C=O) groups is 1. The summed E-state index contributed by atoms with van der Waals surface area (Å²) in [6.07, 6.45) is 35.3. The summed E-state index contributed by atoms with van der Waals surface area (Å²) in [6.45, 7) is 5.20. The maximum atomic E-state index is 12.2. The number of ether oxygens (including phenoxy) is 2. The molecule has 0 spiro atoms. The first-order valence-corrected chi connectivity index (χ1v) is 22.2. The predicted molar refractivity (Wildman–Crippen MR) is 204 cm³/mol. The fourth-order valence-corrected chi connectivity index (χ4v) is 6.61. The Bertz CT molecular complexity index is 761. The second-order valence-electron chi connectivity index (χ2n) is 15.4. The van der Waals surface area contributed by atoms with Gasteiger partial charge in [0, 0.05) is 13.0 Å². The molecule has 0 aliphatic carbocycles. The van der Waals surface area contributed by atoms with E-state index >= 15 is 0 Å². The van der Waals surface area contributed by atoms with Crippen LogP contribution < -0.4 is 4.89 Å². The highest BCUT2D eigenvalue weighted by atomic mass is 31.2. The molecular formula is C40H82NO7P. The van der Waals surface area contributed by atoms with Crippen LogP contribution in [0.25, 0.3) is 0 Å². The van der Waals surface area contributed by atoms with E-state index in [0.717, 1.165) is 25.7 Å². The van der Waals surface area contributed by atoms with Crippen molar-refractivity contribution in [2.45, 2.75) is 200 Å². The van der Waals surface area contributed by atoms with E-state index in [1.807, 2.05) is 28.1 Å². The Morgan fingerprint density at radius 1 is 0.551 bits per heavy atom. The van der Waals surface area contributed by atoms with Crippen molar-refractivity contribution < 1.29 is 37.3 Å². The van der Waals surface area contributed by atoms with Crippen molar-refractivity contribution in [2.75, 3.05) is 54.1 Å². The molecule has 0 N–H and O–H groups in total. The first kappa shape index (κ1) is 48.5.